The number of amides is 2. The van der Waals surface area contributed by atoms with Crippen molar-refractivity contribution in [2.24, 2.45) is 9.98 Å². The lowest BCUT2D eigenvalue weighted by atomic mass is 10.00. The van der Waals surface area contributed by atoms with Crippen LogP contribution in [0.2, 0.25) is 0 Å². The minimum Gasteiger partial charge on any atom is -0.493 e. The van der Waals surface area contributed by atoms with E-state index in [0.717, 1.165) is 29.5 Å². The van der Waals surface area contributed by atoms with Gasteiger partial charge in [0.2, 0.25) is 0 Å². The maximum absolute atomic E-state index is 13.7. The standard InChI is InChI=1S/C47H55N5O8/c1-9-28-16-33-22-49-38-20-42(40(56-7)18-35(38)44(53)51(33)24-28)58-26-31-13-30(11-12-37(48-6)46(55)60-47(3,4)5)14-32(15-31)27-59-43-21-39-36(19-41(43)57-8)45(54)52-25-29(10-2)17-34(52)23-50-39/h9-10,13-15,18-23,33-34,37,48H,11-12,16-17,24-27H2,1-8H3/t33-,34-,37?/m0/s1. The number of nitrogens with one attached hydrogen (secondary N) is 1. The summed E-state index contributed by atoms with van der Waals surface area (Å²) in [4.78, 5) is 53.5. The Balaban J connectivity index is 1.14. The number of carbonyl (C=O) groups excluding carboxylic acids is 3. The molecule has 1 unspecified atom stereocenters. The molecule has 2 saturated heterocycles. The Morgan fingerprint density at radius 1 is 0.750 bits per heavy atom. The Morgan fingerprint density at radius 2 is 1.22 bits per heavy atom. The van der Waals surface area contributed by atoms with Crippen LogP contribution in [0.25, 0.3) is 0 Å². The average Bonchev–Trinajstić information content (AvgIpc) is 3.80. The number of allylic oxidation sites excluding steroid dienone is 2. The van der Waals surface area contributed by atoms with Crippen molar-refractivity contribution in [3.8, 4) is 23.0 Å². The molecule has 316 valence electrons. The van der Waals surface area contributed by atoms with Crippen LogP contribution in [0, 0.1) is 0 Å². The van der Waals surface area contributed by atoms with Crippen LogP contribution >= 0.6 is 0 Å². The van der Waals surface area contributed by atoms with E-state index in [-0.39, 0.29) is 43.1 Å². The highest BCUT2D eigenvalue weighted by Crippen LogP contribution is 2.41. The Bertz CT molecular complexity index is 2150. The van der Waals surface area contributed by atoms with Gasteiger partial charge < -0.3 is 38.8 Å². The molecule has 0 radical (unpaired) electrons. The summed E-state index contributed by atoms with van der Waals surface area (Å²) in [7, 11) is 4.85. The van der Waals surface area contributed by atoms with Crippen LogP contribution in [-0.2, 0) is 29.2 Å². The molecule has 0 aliphatic carbocycles. The molecular weight excluding hydrogens is 763 g/mol. The van der Waals surface area contributed by atoms with E-state index in [1.54, 1.807) is 45.5 Å². The van der Waals surface area contributed by atoms with Gasteiger partial charge in [0, 0.05) is 37.7 Å². The lowest BCUT2D eigenvalue weighted by molar-refractivity contribution is -0.157. The zero-order valence-electron chi connectivity index (χ0n) is 35.8. The molecule has 3 aromatic rings. The minimum absolute atomic E-state index is 0.0920. The molecule has 0 saturated carbocycles. The SMILES string of the molecule is CC=C1C[C@H]2C=Nc3cc(OCc4cc(CCC(NC)C(=O)OC(C)(C)C)cc(COc5cc6c(cc5OC)C(=O)N5CC(=CC)C[C@H]5C=N6)c4)c(OC)cc3C(=O)N2C1. The number of aliphatic imine (C=N–C) groups is 2. The number of hydrogen-bond donors (Lipinski definition) is 1. The molecule has 4 aliphatic heterocycles. The number of hydrogen-bond acceptors (Lipinski definition) is 11. The lowest BCUT2D eigenvalue weighted by Gasteiger charge is -2.24. The van der Waals surface area contributed by atoms with Gasteiger partial charge in [0.05, 0.1) is 48.8 Å². The topological polar surface area (TPSA) is 141 Å². The molecule has 13 heteroatoms. The smallest absolute Gasteiger partial charge is 0.323 e. The summed E-state index contributed by atoms with van der Waals surface area (Å²) in [6, 6.07) is 12.3. The van der Waals surface area contributed by atoms with E-state index in [2.05, 4.69) is 17.5 Å². The Labute approximate surface area is 352 Å². The normalized spacial score (nSPS) is 20.0. The fraction of sp³-hybridized carbons (Fsp3) is 0.426. The Kier molecular flexibility index (Phi) is 12.5. The molecular formula is C47H55N5O8. The minimum atomic E-state index is -0.613. The van der Waals surface area contributed by atoms with E-state index in [1.165, 1.54) is 11.1 Å². The number of ether oxygens (including phenoxy) is 5. The van der Waals surface area contributed by atoms with Gasteiger partial charge in [-0.05, 0) is 102 Å². The van der Waals surface area contributed by atoms with Gasteiger partial charge in [-0.3, -0.25) is 24.4 Å². The van der Waals surface area contributed by atoms with Gasteiger partial charge in [-0.1, -0.05) is 35.4 Å². The van der Waals surface area contributed by atoms with Crippen LogP contribution in [0.1, 0.15) is 91.3 Å². The van der Waals surface area contributed by atoms with Gasteiger partial charge in [0.15, 0.2) is 23.0 Å². The summed E-state index contributed by atoms with van der Waals surface area (Å²) in [5.41, 5.74) is 6.46. The van der Waals surface area contributed by atoms with Gasteiger partial charge in [-0.15, -0.1) is 0 Å². The third-order valence-electron chi connectivity index (χ3n) is 11.3. The fourth-order valence-electron chi connectivity index (χ4n) is 8.07. The zero-order chi connectivity index (χ0) is 42.7. The second kappa shape index (κ2) is 17.7. The van der Waals surface area contributed by atoms with Crippen LogP contribution in [-0.4, -0.2) is 98.1 Å². The molecule has 60 heavy (non-hydrogen) atoms. The fourth-order valence-corrected chi connectivity index (χ4v) is 8.07. The van der Waals surface area contributed by atoms with Crippen molar-refractivity contribution >= 4 is 41.6 Å². The van der Waals surface area contributed by atoms with Gasteiger partial charge in [0.1, 0.15) is 24.9 Å². The number of nitrogens with zero attached hydrogens (tertiary/aromatic N) is 4. The summed E-state index contributed by atoms with van der Waals surface area (Å²) >= 11 is 0. The molecule has 7 rings (SSSR count). The zero-order valence-corrected chi connectivity index (χ0v) is 35.8. The van der Waals surface area contributed by atoms with Gasteiger partial charge in [0.25, 0.3) is 11.8 Å². The van der Waals surface area contributed by atoms with Gasteiger partial charge in [-0.25, -0.2) is 0 Å². The van der Waals surface area contributed by atoms with Crippen LogP contribution in [0.5, 0.6) is 23.0 Å². The van der Waals surface area contributed by atoms with E-state index in [0.29, 0.717) is 71.4 Å². The highest BCUT2D eigenvalue weighted by molar-refractivity contribution is 6.04. The second-order valence-corrected chi connectivity index (χ2v) is 16.5. The molecule has 13 nitrogen and oxygen atoms in total. The van der Waals surface area contributed by atoms with Crippen LogP contribution in [0.3, 0.4) is 0 Å². The molecule has 4 heterocycles. The maximum Gasteiger partial charge on any atom is 0.323 e. The van der Waals surface area contributed by atoms with Crippen molar-refractivity contribution in [2.75, 3.05) is 34.4 Å². The van der Waals surface area contributed by atoms with Gasteiger partial charge >= 0.3 is 5.97 Å². The number of likely N-dealkylation sites (N-methyl/N-ethyl adjacent to an activating group) is 1. The van der Waals surface area contributed by atoms with Crippen LogP contribution in [0.15, 0.2) is 75.7 Å². The van der Waals surface area contributed by atoms with E-state index in [4.69, 9.17) is 33.7 Å². The van der Waals surface area contributed by atoms with E-state index in [9.17, 15) is 14.4 Å². The number of carbonyl (C=O) groups is 3. The number of rotatable bonds is 13. The highest BCUT2D eigenvalue weighted by Gasteiger charge is 2.36. The molecule has 0 bridgehead atoms. The number of fused-ring (bicyclic) bond motifs is 4. The van der Waals surface area contributed by atoms with Gasteiger partial charge in [-0.2, -0.15) is 0 Å². The first kappa shape index (κ1) is 42.2. The molecule has 0 spiro atoms. The third kappa shape index (κ3) is 9.11. The van der Waals surface area contributed by atoms with Crippen molar-refractivity contribution in [3.63, 3.8) is 0 Å². The monoisotopic (exact) mass is 817 g/mol. The highest BCUT2D eigenvalue weighted by atomic mass is 16.6. The molecule has 2 amide bonds. The predicted octanol–water partition coefficient (Wildman–Crippen LogP) is 7.48. The first-order valence-electron chi connectivity index (χ1n) is 20.5. The van der Waals surface area contributed by atoms with Crippen molar-refractivity contribution in [1.29, 1.82) is 0 Å². The van der Waals surface area contributed by atoms with E-state index in [1.807, 2.05) is 75.0 Å². The summed E-state index contributed by atoms with van der Waals surface area (Å²) < 4.78 is 30.0. The summed E-state index contributed by atoms with van der Waals surface area (Å²) in [5, 5.41) is 3.11. The summed E-state index contributed by atoms with van der Waals surface area (Å²) in [6.45, 7) is 11.0. The molecule has 3 aromatic carbocycles. The Morgan fingerprint density at radius 3 is 1.63 bits per heavy atom. The molecule has 3 atom stereocenters. The molecule has 2 fully saturated rings. The van der Waals surface area contributed by atoms with Crippen molar-refractivity contribution in [1.82, 2.24) is 15.1 Å². The first-order chi connectivity index (χ1) is 28.8. The number of benzene rings is 3. The number of methoxy groups -OCH3 is 2. The number of aryl methyl sites for hydroxylation is 1. The predicted molar refractivity (Wildman–Crippen MR) is 231 cm³/mol. The number of esters is 1. The van der Waals surface area contributed by atoms with E-state index < -0.39 is 11.6 Å². The lowest BCUT2D eigenvalue weighted by Crippen LogP contribution is -2.39. The quantitative estimate of drug-likeness (QED) is 0.137. The summed E-state index contributed by atoms with van der Waals surface area (Å²) in [5.74, 6) is 1.26. The average molecular weight is 818 g/mol. The van der Waals surface area contributed by atoms with Crippen LogP contribution in [0.4, 0.5) is 11.4 Å². The molecule has 4 aliphatic rings. The second-order valence-electron chi connectivity index (χ2n) is 16.5. The van der Waals surface area contributed by atoms with E-state index >= 15 is 0 Å². The van der Waals surface area contributed by atoms with Crippen LogP contribution < -0.4 is 24.3 Å². The summed E-state index contributed by atoms with van der Waals surface area (Å²) in [6.07, 6.45) is 10.4. The van der Waals surface area contributed by atoms with Crippen molar-refractivity contribution in [2.45, 2.75) is 97.2 Å². The third-order valence-corrected chi connectivity index (χ3v) is 11.3. The Hall–Kier alpha value is -5.95. The maximum atomic E-state index is 13.7. The van der Waals surface area contributed by atoms with Crippen molar-refractivity contribution < 1.29 is 38.1 Å². The first-order valence-corrected chi connectivity index (χ1v) is 20.5. The largest absolute Gasteiger partial charge is 0.493 e. The molecule has 1 N–H and O–H groups in total. The molecule has 0 aromatic heterocycles. The van der Waals surface area contributed by atoms with Crippen molar-refractivity contribution in [3.05, 3.63) is 93.6 Å².